The average Bonchev–Trinajstić information content (AvgIpc) is 2.39. The van der Waals surface area contributed by atoms with Crippen molar-refractivity contribution in [3.05, 3.63) is 33.3 Å². The molecule has 0 fully saturated rings. The molecule has 0 nitrogen and oxygen atoms in total. The summed E-state index contributed by atoms with van der Waals surface area (Å²) < 4.78 is 112. The van der Waals surface area contributed by atoms with Gasteiger partial charge < -0.3 is 0 Å². The highest BCUT2D eigenvalue weighted by molar-refractivity contribution is 9.10. The van der Waals surface area contributed by atoms with Crippen LogP contribution in [0.3, 0.4) is 0 Å². The van der Waals surface area contributed by atoms with E-state index >= 15 is 0 Å². The SMILES string of the molecule is FC(F)(F)CCc1ccc(Br)c(CCC(F)(F)F)c1CCC(F)(F)F. The van der Waals surface area contributed by atoms with Gasteiger partial charge in [-0.15, -0.1) is 0 Å². The highest BCUT2D eigenvalue weighted by atomic mass is 79.9. The van der Waals surface area contributed by atoms with E-state index in [-0.39, 0.29) is 21.2 Å². The first-order chi connectivity index (χ1) is 11.2. The molecule has 10 heteroatoms. The molecule has 0 atom stereocenters. The summed E-state index contributed by atoms with van der Waals surface area (Å²) in [5, 5.41) is 0. The van der Waals surface area contributed by atoms with E-state index < -0.39 is 57.1 Å². The quantitative estimate of drug-likeness (QED) is 0.417. The topological polar surface area (TPSA) is 0 Å². The molecule has 0 spiro atoms. The fourth-order valence-electron chi connectivity index (χ4n) is 2.34. The van der Waals surface area contributed by atoms with Gasteiger partial charge >= 0.3 is 18.5 Å². The van der Waals surface area contributed by atoms with Crippen LogP contribution in [0.5, 0.6) is 0 Å². The number of hydrogen-bond donors (Lipinski definition) is 0. The fourth-order valence-corrected chi connectivity index (χ4v) is 2.91. The molecule has 1 rings (SSSR count). The molecule has 0 unspecified atom stereocenters. The van der Waals surface area contributed by atoms with Gasteiger partial charge in [0.15, 0.2) is 0 Å². The molecule has 0 radical (unpaired) electrons. The number of benzene rings is 1. The second kappa shape index (κ2) is 8.18. The van der Waals surface area contributed by atoms with E-state index in [0.29, 0.717) is 0 Å². The Morgan fingerprint density at radius 3 is 1.44 bits per heavy atom. The maximum atomic E-state index is 12.5. The molecule has 0 saturated heterocycles. The molecule has 25 heavy (non-hydrogen) atoms. The van der Waals surface area contributed by atoms with Gasteiger partial charge in [-0.25, -0.2) is 0 Å². The zero-order valence-electron chi connectivity index (χ0n) is 12.7. The molecule has 0 saturated carbocycles. The first kappa shape index (κ1) is 22.1. The number of aryl methyl sites for hydroxylation is 1. The molecule has 0 aliphatic rings. The Kier molecular flexibility index (Phi) is 7.23. The third kappa shape index (κ3) is 8.82. The minimum absolute atomic E-state index is 0.0121. The van der Waals surface area contributed by atoms with Gasteiger partial charge in [0.05, 0.1) is 0 Å². The normalized spacial score (nSPS) is 13.4. The highest BCUT2D eigenvalue weighted by Gasteiger charge is 2.31. The molecule has 1 aromatic rings. The van der Waals surface area contributed by atoms with E-state index in [0.717, 1.165) is 0 Å². The van der Waals surface area contributed by atoms with Crippen LogP contribution in [0.4, 0.5) is 39.5 Å². The van der Waals surface area contributed by atoms with Crippen LogP contribution in [-0.4, -0.2) is 18.5 Å². The lowest BCUT2D eigenvalue weighted by Gasteiger charge is -2.19. The van der Waals surface area contributed by atoms with Gasteiger partial charge in [-0.1, -0.05) is 22.0 Å². The maximum Gasteiger partial charge on any atom is 0.389 e. The van der Waals surface area contributed by atoms with E-state index in [1.165, 1.54) is 12.1 Å². The summed E-state index contributed by atoms with van der Waals surface area (Å²) >= 11 is 2.99. The van der Waals surface area contributed by atoms with Gasteiger partial charge in [0, 0.05) is 23.7 Å². The van der Waals surface area contributed by atoms with Crippen molar-refractivity contribution in [2.24, 2.45) is 0 Å². The number of alkyl halides is 9. The molecule has 1 aromatic carbocycles. The van der Waals surface area contributed by atoms with Crippen molar-refractivity contribution >= 4 is 15.9 Å². The lowest BCUT2D eigenvalue weighted by atomic mass is 9.91. The van der Waals surface area contributed by atoms with E-state index in [2.05, 4.69) is 15.9 Å². The molecule has 0 amide bonds. The van der Waals surface area contributed by atoms with Crippen LogP contribution < -0.4 is 0 Å². The third-order valence-electron chi connectivity index (χ3n) is 3.47. The Bertz CT molecular complexity index is 570. The van der Waals surface area contributed by atoms with Crippen LogP contribution in [0.15, 0.2) is 16.6 Å². The van der Waals surface area contributed by atoms with E-state index in [9.17, 15) is 39.5 Å². The predicted molar refractivity (Wildman–Crippen MR) is 77.3 cm³/mol. The Balaban J connectivity index is 3.17. The Hall–Kier alpha value is -0.930. The van der Waals surface area contributed by atoms with Crippen LogP contribution in [0, 0.1) is 0 Å². The smallest absolute Gasteiger partial charge is 0.171 e. The second-order valence-corrected chi connectivity index (χ2v) is 6.36. The molecular formula is C15H14BrF9. The van der Waals surface area contributed by atoms with Crippen molar-refractivity contribution < 1.29 is 39.5 Å². The minimum atomic E-state index is -4.56. The van der Waals surface area contributed by atoms with Gasteiger partial charge in [-0.3, -0.25) is 0 Å². The summed E-state index contributed by atoms with van der Waals surface area (Å²) in [5.41, 5.74) is -0.136. The van der Waals surface area contributed by atoms with Crippen LogP contribution >= 0.6 is 15.9 Å². The molecule has 0 bridgehead atoms. The number of rotatable bonds is 6. The molecule has 0 aliphatic heterocycles. The van der Waals surface area contributed by atoms with Crippen molar-refractivity contribution in [3.8, 4) is 0 Å². The number of halogens is 10. The third-order valence-corrected chi connectivity index (χ3v) is 4.21. The number of hydrogen-bond acceptors (Lipinski definition) is 0. The Labute approximate surface area is 146 Å². The van der Waals surface area contributed by atoms with Crippen LogP contribution in [0.1, 0.15) is 36.0 Å². The summed E-state index contributed by atoms with van der Waals surface area (Å²) in [4.78, 5) is 0. The van der Waals surface area contributed by atoms with E-state index in [4.69, 9.17) is 0 Å². The summed E-state index contributed by atoms with van der Waals surface area (Å²) in [7, 11) is 0. The first-order valence-corrected chi connectivity index (χ1v) is 7.96. The minimum Gasteiger partial charge on any atom is -0.171 e. The predicted octanol–water partition coefficient (Wildman–Crippen LogP) is 6.93. The molecular weight excluding hydrogens is 431 g/mol. The average molecular weight is 445 g/mol. The van der Waals surface area contributed by atoms with Gasteiger partial charge in [0.1, 0.15) is 0 Å². The van der Waals surface area contributed by atoms with E-state index in [1.54, 1.807) is 0 Å². The maximum absolute atomic E-state index is 12.5. The molecule has 0 aliphatic carbocycles. The second-order valence-electron chi connectivity index (χ2n) is 5.51. The molecule has 0 N–H and O–H groups in total. The summed E-state index contributed by atoms with van der Waals surface area (Å²) in [6.07, 6.45) is -19.3. The monoisotopic (exact) mass is 444 g/mol. The van der Waals surface area contributed by atoms with Crippen molar-refractivity contribution in [1.82, 2.24) is 0 Å². The molecule has 0 aromatic heterocycles. The fraction of sp³-hybridized carbons (Fsp3) is 0.600. The van der Waals surface area contributed by atoms with Crippen molar-refractivity contribution in [1.29, 1.82) is 0 Å². The zero-order chi connectivity index (χ0) is 19.5. The first-order valence-electron chi connectivity index (χ1n) is 7.17. The lowest BCUT2D eigenvalue weighted by Crippen LogP contribution is -2.15. The van der Waals surface area contributed by atoms with Crippen LogP contribution in [0.25, 0.3) is 0 Å². The van der Waals surface area contributed by atoms with Gasteiger partial charge in [0.25, 0.3) is 0 Å². The zero-order valence-corrected chi connectivity index (χ0v) is 14.3. The van der Waals surface area contributed by atoms with Crippen LogP contribution in [0.2, 0.25) is 0 Å². The largest absolute Gasteiger partial charge is 0.389 e. The Morgan fingerprint density at radius 1 is 0.600 bits per heavy atom. The molecule has 0 heterocycles. The van der Waals surface area contributed by atoms with Crippen molar-refractivity contribution in [2.45, 2.75) is 57.1 Å². The van der Waals surface area contributed by atoms with Gasteiger partial charge in [0.2, 0.25) is 0 Å². The van der Waals surface area contributed by atoms with Crippen LogP contribution in [-0.2, 0) is 19.3 Å². The lowest BCUT2D eigenvalue weighted by molar-refractivity contribution is -0.136. The summed E-state index contributed by atoms with van der Waals surface area (Å²) in [6.45, 7) is 0. The van der Waals surface area contributed by atoms with Crippen molar-refractivity contribution in [3.63, 3.8) is 0 Å². The Morgan fingerprint density at radius 2 is 1.00 bits per heavy atom. The van der Waals surface area contributed by atoms with E-state index in [1.807, 2.05) is 0 Å². The van der Waals surface area contributed by atoms with Gasteiger partial charge in [-0.05, 0) is 42.0 Å². The summed E-state index contributed by atoms with van der Waals surface area (Å²) in [5.74, 6) is 0. The van der Waals surface area contributed by atoms with Crippen molar-refractivity contribution in [2.75, 3.05) is 0 Å². The standard InChI is InChI=1S/C15H14BrF9/c16-12-2-1-9(3-6-13(17,18)19)10(4-7-14(20,21)22)11(12)5-8-15(23,24)25/h1-2H,3-8H2. The van der Waals surface area contributed by atoms with Gasteiger partial charge in [-0.2, -0.15) is 39.5 Å². The highest BCUT2D eigenvalue weighted by Crippen LogP contribution is 2.34. The summed E-state index contributed by atoms with van der Waals surface area (Å²) in [6, 6.07) is 2.49. The molecule has 144 valence electrons.